The average Bonchev–Trinajstić information content (AvgIpc) is 2.18. The summed E-state index contributed by atoms with van der Waals surface area (Å²) in [6.07, 6.45) is 1.59. The van der Waals surface area contributed by atoms with Crippen LogP contribution in [-0.2, 0) is 0 Å². The van der Waals surface area contributed by atoms with Crippen molar-refractivity contribution in [3.8, 4) is 5.75 Å². The number of halogens is 1. The van der Waals surface area contributed by atoms with Crippen molar-refractivity contribution < 1.29 is 24.9 Å². The van der Waals surface area contributed by atoms with Gasteiger partial charge in [0.15, 0.2) is 10.9 Å². The number of pyridine rings is 1. The van der Waals surface area contributed by atoms with Crippen LogP contribution in [0.5, 0.6) is 5.75 Å². The molecule has 0 fully saturated rings. The minimum Gasteiger partial charge on any atom is -0.482 e. The number of rotatable bonds is 3. The summed E-state index contributed by atoms with van der Waals surface area (Å²) in [5, 5.41) is 31.7. The number of ether oxygens (including phenoxy) is 1. The summed E-state index contributed by atoms with van der Waals surface area (Å²) in [5.41, 5.74) is -1.70. The van der Waals surface area contributed by atoms with Crippen LogP contribution in [0, 0.1) is 0 Å². The van der Waals surface area contributed by atoms with E-state index < -0.39 is 18.5 Å². The van der Waals surface area contributed by atoms with Crippen molar-refractivity contribution in [2.45, 2.75) is 38.9 Å². The van der Waals surface area contributed by atoms with Crippen LogP contribution in [0.4, 0.5) is 0 Å². The SMILES string of the molecule is CC(C)(O)C(C)(C)Oc1cccnc1Cl.OB(O)O. The van der Waals surface area contributed by atoms with Crippen LogP contribution in [0.3, 0.4) is 0 Å². The Hall–Kier alpha value is -0.855. The van der Waals surface area contributed by atoms with E-state index >= 15 is 0 Å². The molecule has 19 heavy (non-hydrogen) atoms. The number of hydrogen-bond donors (Lipinski definition) is 4. The second-order valence-corrected chi connectivity index (χ2v) is 5.17. The van der Waals surface area contributed by atoms with E-state index in [9.17, 15) is 5.11 Å². The van der Waals surface area contributed by atoms with Crippen molar-refractivity contribution in [1.82, 2.24) is 4.98 Å². The van der Waals surface area contributed by atoms with Gasteiger partial charge in [0.05, 0.1) is 5.60 Å². The fourth-order valence-electron chi connectivity index (χ4n) is 0.847. The molecule has 1 rings (SSSR count). The van der Waals surface area contributed by atoms with Crippen LogP contribution in [0.15, 0.2) is 18.3 Å². The third kappa shape index (κ3) is 6.75. The van der Waals surface area contributed by atoms with E-state index in [0.717, 1.165) is 0 Å². The Labute approximate surface area is 117 Å². The van der Waals surface area contributed by atoms with E-state index in [4.69, 9.17) is 31.4 Å². The Kier molecular flexibility index (Phi) is 6.75. The molecule has 0 aromatic carbocycles. The minimum atomic E-state index is -2.17. The van der Waals surface area contributed by atoms with E-state index in [1.807, 2.05) is 0 Å². The highest BCUT2D eigenvalue weighted by atomic mass is 35.5. The summed E-state index contributed by atoms with van der Waals surface area (Å²) in [6.45, 7) is 6.99. The summed E-state index contributed by atoms with van der Waals surface area (Å²) >= 11 is 5.86. The van der Waals surface area contributed by atoms with Crippen LogP contribution in [0.25, 0.3) is 0 Å². The molecule has 0 amide bonds. The zero-order chi connectivity index (χ0) is 15.3. The zero-order valence-electron chi connectivity index (χ0n) is 11.3. The molecule has 0 unspecified atom stereocenters. The normalized spacial score (nSPS) is 11.4. The van der Waals surface area contributed by atoms with Gasteiger partial charge in [0.25, 0.3) is 0 Å². The maximum absolute atomic E-state index is 9.91. The van der Waals surface area contributed by atoms with Crippen molar-refractivity contribution in [1.29, 1.82) is 0 Å². The smallest absolute Gasteiger partial charge is 0.482 e. The van der Waals surface area contributed by atoms with Crippen molar-refractivity contribution in [3.05, 3.63) is 23.5 Å². The van der Waals surface area contributed by atoms with Gasteiger partial charge in [-0.1, -0.05) is 11.6 Å². The summed E-state index contributed by atoms with van der Waals surface area (Å²) < 4.78 is 5.65. The van der Waals surface area contributed by atoms with Gasteiger partial charge in [-0.05, 0) is 39.8 Å². The van der Waals surface area contributed by atoms with Crippen LogP contribution < -0.4 is 4.74 Å². The van der Waals surface area contributed by atoms with Gasteiger partial charge in [-0.25, -0.2) is 4.98 Å². The first-order valence-corrected chi connectivity index (χ1v) is 5.91. The van der Waals surface area contributed by atoms with Gasteiger partial charge in [-0.15, -0.1) is 0 Å². The Bertz CT molecular complexity index is 392. The van der Waals surface area contributed by atoms with Crippen molar-refractivity contribution in [3.63, 3.8) is 0 Å². The summed E-state index contributed by atoms with van der Waals surface area (Å²) in [5.74, 6) is 0.478. The van der Waals surface area contributed by atoms with Gasteiger partial charge < -0.3 is 24.9 Å². The highest BCUT2D eigenvalue weighted by Gasteiger charge is 2.37. The van der Waals surface area contributed by atoms with E-state index in [2.05, 4.69) is 4.98 Å². The molecule has 6 nitrogen and oxygen atoms in total. The first-order chi connectivity index (χ1) is 8.47. The Balaban J connectivity index is 0.000000711. The molecule has 0 spiro atoms. The molecule has 1 aromatic rings. The fourth-order valence-corrected chi connectivity index (χ4v) is 1.01. The van der Waals surface area contributed by atoms with Crippen molar-refractivity contribution in [2.75, 3.05) is 0 Å². The average molecular weight is 292 g/mol. The molecular formula is C11H19BClNO5. The molecule has 0 radical (unpaired) electrons. The maximum atomic E-state index is 9.91. The lowest BCUT2D eigenvalue weighted by molar-refractivity contribution is -0.0907. The third-order valence-corrected chi connectivity index (χ3v) is 2.85. The van der Waals surface area contributed by atoms with E-state index in [-0.39, 0.29) is 0 Å². The molecule has 0 saturated carbocycles. The van der Waals surface area contributed by atoms with E-state index in [1.165, 1.54) is 0 Å². The number of hydrogen-bond acceptors (Lipinski definition) is 6. The Morgan fingerprint density at radius 3 is 2.05 bits per heavy atom. The molecule has 0 bridgehead atoms. The highest BCUT2D eigenvalue weighted by Crippen LogP contribution is 2.30. The molecule has 8 heteroatoms. The molecular weight excluding hydrogens is 272 g/mol. The lowest BCUT2D eigenvalue weighted by Gasteiger charge is -2.37. The molecule has 0 saturated heterocycles. The largest absolute Gasteiger partial charge is 0.631 e. The molecule has 1 heterocycles. The van der Waals surface area contributed by atoms with Crippen LogP contribution >= 0.6 is 11.6 Å². The highest BCUT2D eigenvalue weighted by molar-refractivity contribution is 6.31. The van der Waals surface area contributed by atoms with Crippen LogP contribution in [0.2, 0.25) is 5.15 Å². The van der Waals surface area contributed by atoms with Crippen LogP contribution in [0.1, 0.15) is 27.7 Å². The Morgan fingerprint density at radius 1 is 1.21 bits per heavy atom. The van der Waals surface area contributed by atoms with Gasteiger partial charge in [-0.3, -0.25) is 0 Å². The lowest BCUT2D eigenvalue weighted by atomic mass is 9.89. The number of aliphatic hydroxyl groups is 1. The number of nitrogens with zero attached hydrogens (tertiary/aromatic N) is 1. The van der Waals surface area contributed by atoms with Crippen molar-refractivity contribution in [2.24, 2.45) is 0 Å². The van der Waals surface area contributed by atoms with Gasteiger partial charge in [0.1, 0.15) is 5.60 Å². The minimum absolute atomic E-state index is 0.301. The monoisotopic (exact) mass is 291 g/mol. The topological polar surface area (TPSA) is 103 Å². The van der Waals surface area contributed by atoms with Gasteiger partial charge in [-0.2, -0.15) is 0 Å². The summed E-state index contributed by atoms with van der Waals surface area (Å²) in [7, 11) is -2.17. The Morgan fingerprint density at radius 2 is 1.68 bits per heavy atom. The molecule has 4 N–H and O–H groups in total. The summed E-state index contributed by atoms with van der Waals surface area (Å²) in [4.78, 5) is 3.90. The predicted molar refractivity (Wildman–Crippen MR) is 72.7 cm³/mol. The van der Waals surface area contributed by atoms with Crippen molar-refractivity contribution >= 4 is 18.9 Å². The molecule has 0 aliphatic carbocycles. The van der Waals surface area contributed by atoms with Gasteiger partial charge in [0, 0.05) is 6.20 Å². The quantitative estimate of drug-likeness (QED) is 0.481. The van der Waals surface area contributed by atoms with Gasteiger partial charge >= 0.3 is 7.32 Å². The lowest BCUT2D eigenvalue weighted by Crippen LogP contribution is -2.49. The van der Waals surface area contributed by atoms with Gasteiger partial charge in [0.2, 0.25) is 0 Å². The standard InChI is InChI=1S/C11H16ClNO2.BH3O3/c1-10(2,14)11(3,4)15-8-6-5-7-13-9(8)12;2-1(3)4/h5-7,14H,1-4H3;2-4H. The second-order valence-electron chi connectivity index (χ2n) is 4.81. The molecule has 108 valence electrons. The first kappa shape index (κ1) is 18.1. The predicted octanol–water partition coefficient (Wildman–Crippen LogP) is 0.611. The summed E-state index contributed by atoms with van der Waals surface area (Å²) in [6, 6.07) is 3.46. The molecule has 1 aromatic heterocycles. The maximum Gasteiger partial charge on any atom is 0.631 e. The molecule has 0 aliphatic heterocycles. The first-order valence-electron chi connectivity index (χ1n) is 5.53. The third-order valence-electron chi connectivity index (χ3n) is 2.56. The molecule has 0 aliphatic rings. The van der Waals surface area contributed by atoms with E-state index in [0.29, 0.717) is 10.9 Å². The number of aromatic nitrogens is 1. The molecule has 0 atom stereocenters. The fraction of sp³-hybridized carbons (Fsp3) is 0.545. The second kappa shape index (κ2) is 7.07. The van der Waals surface area contributed by atoms with Crippen LogP contribution in [-0.4, -0.2) is 43.7 Å². The van der Waals surface area contributed by atoms with E-state index in [1.54, 1.807) is 46.0 Å². The zero-order valence-corrected chi connectivity index (χ0v) is 12.1.